The third-order valence-corrected chi connectivity index (χ3v) is 2.39. The molecule has 0 saturated carbocycles. The van der Waals surface area contributed by atoms with Crippen LogP contribution in [0, 0.1) is 6.92 Å². The summed E-state index contributed by atoms with van der Waals surface area (Å²) >= 11 is 0. The van der Waals surface area contributed by atoms with Crippen LogP contribution in [0.25, 0.3) is 11.0 Å². The van der Waals surface area contributed by atoms with Gasteiger partial charge in [0.1, 0.15) is 17.2 Å². The van der Waals surface area contributed by atoms with E-state index in [0.717, 1.165) is 22.3 Å². The molecule has 0 bridgehead atoms. The summed E-state index contributed by atoms with van der Waals surface area (Å²) in [5.74, 6) is 0.993. The molecule has 0 aliphatic carbocycles. The fourth-order valence-electron chi connectivity index (χ4n) is 1.66. The Hall–Kier alpha value is -1.97. The molecule has 78 valence electrons. The molecule has 0 atom stereocenters. The van der Waals surface area contributed by atoms with Crippen LogP contribution in [0.1, 0.15) is 11.3 Å². The molecule has 0 unspecified atom stereocenters. The van der Waals surface area contributed by atoms with E-state index < -0.39 is 0 Å². The first kappa shape index (κ1) is 9.58. The highest BCUT2D eigenvalue weighted by Gasteiger charge is 2.11. The lowest BCUT2D eigenvalue weighted by molar-refractivity contribution is 0.317. The number of oxime groups is 1. The second-order valence-corrected chi connectivity index (χ2v) is 3.40. The van der Waals surface area contributed by atoms with E-state index in [9.17, 15) is 0 Å². The minimum Gasteiger partial charge on any atom is -0.461 e. The molecule has 1 heterocycles. The van der Waals surface area contributed by atoms with Crippen molar-refractivity contribution in [2.45, 2.75) is 13.3 Å². The van der Waals surface area contributed by atoms with Gasteiger partial charge in [-0.15, -0.1) is 0 Å². The molecule has 0 amide bonds. The molecular weight excluding hydrogens is 192 g/mol. The van der Waals surface area contributed by atoms with Gasteiger partial charge in [0.2, 0.25) is 0 Å². The van der Waals surface area contributed by atoms with Gasteiger partial charge in [0.25, 0.3) is 0 Å². The van der Waals surface area contributed by atoms with Gasteiger partial charge in [-0.1, -0.05) is 23.4 Å². The monoisotopic (exact) mass is 204 g/mol. The summed E-state index contributed by atoms with van der Waals surface area (Å²) in [5, 5.41) is 12.5. The van der Waals surface area contributed by atoms with Gasteiger partial charge in [-0.2, -0.15) is 0 Å². The topological polar surface area (TPSA) is 71.8 Å². The van der Waals surface area contributed by atoms with E-state index in [1.54, 1.807) is 0 Å². The highest BCUT2D eigenvalue weighted by atomic mass is 16.4. The number of benzene rings is 1. The van der Waals surface area contributed by atoms with Gasteiger partial charge in [0.15, 0.2) is 0 Å². The number of hydrogen-bond donors (Lipinski definition) is 2. The zero-order chi connectivity index (χ0) is 10.8. The Bertz CT molecular complexity index is 514. The van der Waals surface area contributed by atoms with Crippen LogP contribution in [0.3, 0.4) is 0 Å². The van der Waals surface area contributed by atoms with Crippen LogP contribution in [-0.2, 0) is 6.42 Å². The van der Waals surface area contributed by atoms with E-state index in [0.29, 0.717) is 6.42 Å². The van der Waals surface area contributed by atoms with Gasteiger partial charge in [-0.05, 0) is 13.0 Å². The van der Waals surface area contributed by atoms with Crippen molar-refractivity contribution in [3.63, 3.8) is 0 Å². The molecule has 4 nitrogen and oxygen atoms in total. The van der Waals surface area contributed by atoms with Crippen LogP contribution >= 0.6 is 0 Å². The first-order valence-electron chi connectivity index (χ1n) is 4.65. The smallest absolute Gasteiger partial charge is 0.143 e. The summed E-state index contributed by atoms with van der Waals surface area (Å²) in [5.41, 5.74) is 7.28. The lowest BCUT2D eigenvalue weighted by Gasteiger charge is -1.97. The van der Waals surface area contributed by atoms with Crippen LogP contribution < -0.4 is 5.73 Å². The number of furan rings is 1. The van der Waals surface area contributed by atoms with Gasteiger partial charge in [-0.3, -0.25) is 0 Å². The average molecular weight is 204 g/mol. The Kier molecular flexibility index (Phi) is 2.33. The molecule has 4 heteroatoms. The van der Waals surface area contributed by atoms with Crippen molar-refractivity contribution >= 4 is 16.8 Å². The Morgan fingerprint density at radius 2 is 2.20 bits per heavy atom. The lowest BCUT2D eigenvalue weighted by atomic mass is 10.1. The zero-order valence-corrected chi connectivity index (χ0v) is 8.40. The summed E-state index contributed by atoms with van der Waals surface area (Å²) < 4.78 is 5.55. The first-order chi connectivity index (χ1) is 7.22. The van der Waals surface area contributed by atoms with Crippen LogP contribution in [0.2, 0.25) is 0 Å². The van der Waals surface area contributed by atoms with Crippen LogP contribution in [0.5, 0.6) is 0 Å². The number of aryl methyl sites for hydroxylation is 1. The summed E-state index contributed by atoms with van der Waals surface area (Å²) in [6, 6.07) is 7.72. The molecule has 1 aromatic carbocycles. The molecule has 0 aliphatic heterocycles. The van der Waals surface area contributed by atoms with E-state index in [1.807, 2.05) is 31.2 Å². The molecule has 3 N–H and O–H groups in total. The number of hydrogen-bond acceptors (Lipinski definition) is 3. The second-order valence-electron chi connectivity index (χ2n) is 3.40. The SMILES string of the molecule is Cc1oc2ccccc2c1C/C(N)=N/O. The normalized spacial score (nSPS) is 12.2. The quantitative estimate of drug-likeness (QED) is 0.340. The van der Waals surface area contributed by atoms with Crippen LogP contribution in [-0.4, -0.2) is 11.0 Å². The molecule has 2 rings (SSSR count). The van der Waals surface area contributed by atoms with E-state index in [1.165, 1.54) is 0 Å². The minimum atomic E-state index is 0.185. The van der Waals surface area contributed by atoms with Gasteiger partial charge >= 0.3 is 0 Å². The molecule has 0 aliphatic rings. The van der Waals surface area contributed by atoms with E-state index in [4.69, 9.17) is 15.4 Å². The molecule has 2 aromatic rings. The average Bonchev–Trinajstić information content (AvgIpc) is 2.55. The number of fused-ring (bicyclic) bond motifs is 1. The van der Waals surface area contributed by atoms with Crippen molar-refractivity contribution in [1.29, 1.82) is 0 Å². The molecule has 1 aromatic heterocycles. The maximum Gasteiger partial charge on any atom is 0.143 e. The maximum atomic E-state index is 8.53. The van der Waals surface area contributed by atoms with Gasteiger partial charge < -0.3 is 15.4 Å². The molecular formula is C11H12N2O2. The van der Waals surface area contributed by atoms with Crippen molar-refractivity contribution in [3.8, 4) is 0 Å². The van der Waals surface area contributed by atoms with Gasteiger partial charge in [0.05, 0.1) is 0 Å². The zero-order valence-electron chi connectivity index (χ0n) is 8.40. The molecule has 0 spiro atoms. The molecule has 0 radical (unpaired) electrons. The maximum absolute atomic E-state index is 8.53. The number of nitrogens with zero attached hydrogens (tertiary/aromatic N) is 1. The predicted molar refractivity (Wildman–Crippen MR) is 58.1 cm³/mol. The Morgan fingerprint density at radius 1 is 1.47 bits per heavy atom. The molecule has 15 heavy (non-hydrogen) atoms. The van der Waals surface area contributed by atoms with Crippen molar-refractivity contribution in [2.75, 3.05) is 0 Å². The Balaban J connectivity index is 2.54. The fraction of sp³-hybridized carbons (Fsp3) is 0.182. The highest BCUT2D eigenvalue weighted by molar-refractivity contribution is 5.90. The third-order valence-electron chi connectivity index (χ3n) is 2.39. The van der Waals surface area contributed by atoms with E-state index in [-0.39, 0.29) is 5.84 Å². The largest absolute Gasteiger partial charge is 0.461 e. The highest BCUT2D eigenvalue weighted by Crippen LogP contribution is 2.25. The van der Waals surface area contributed by atoms with E-state index in [2.05, 4.69) is 5.16 Å². The van der Waals surface area contributed by atoms with Crippen molar-refractivity contribution in [2.24, 2.45) is 10.9 Å². The minimum absolute atomic E-state index is 0.185. The van der Waals surface area contributed by atoms with Gasteiger partial charge in [-0.25, -0.2) is 0 Å². The summed E-state index contributed by atoms with van der Waals surface area (Å²) in [7, 11) is 0. The second kappa shape index (κ2) is 3.65. The number of para-hydroxylation sites is 1. The van der Waals surface area contributed by atoms with Crippen molar-refractivity contribution < 1.29 is 9.62 Å². The lowest BCUT2D eigenvalue weighted by Crippen LogP contribution is -2.14. The Morgan fingerprint density at radius 3 is 2.93 bits per heavy atom. The van der Waals surface area contributed by atoms with Crippen LogP contribution in [0.4, 0.5) is 0 Å². The van der Waals surface area contributed by atoms with Crippen molar-refractivity contribution in [3.05, 3.63) is 35.6 Å². The summed E-state index contributed by atoms with van der Waals surface area (Å²) in [6.07, 6.45) is 0.402. The molecule has 0 saturated heterocycles. The number of amidine groups is 1. The van der Waals surface area contributed by atoms with Gasteiger partial charge in [0, 0.05) is 17.4 Å². The van der Waals surface area contributed by atoms with E-state index >= 15 is 0 Å². The standard InChI is InChI=1S/C11H12N2O2/c1-7-9(6-11(12)13-14)8-4-2-3-5-10(8)15-7/h2-5,14H,6H2,1H3,(H2,12,13). The van der Waals surface area contributed by atoms with Crippen LogP contribution in [0.15, 0.2) is 33.8 Å². The predicted octanol–water partition coefficient (Wildman–Crippen LogP) is 2.03. The number of nitrogens with two attached hydrogens (primary N) is 1. The third kappa shape index (κ3) is 1.66. The Labute approximate surface area is 87.0 Å². The number of rotatable bonds is 2. The van der Waals surface area contributed by atoms with Crippen molar-refractivity contribution in [1.82, 2.24) is 0 Å². The summed E-state index contributed by atoms with van der Waals surface area (Å²) in [6.45, 7) is 1.87. The fourth-order valence-corrected chi connectivity index (χ4v) is 1.66. The summed E-state index contributed by atoms with van der Waals surface area (Å²) in [4.78, 5) is 0. The molecule has 0 fully saturated rings. The first-order valence-corrected chi connectivity index (χ1v) is 4.65.